The summed E-state index contributed by atoms with van der Waals surface area (Å²) >= 11 is 0. The molecule has 0 saturated carbocycles. The molecule has 0 spiro atoms. The van der Waals surface area contributed by atoms with E-state index in [-0.39, 0.29) is 12.3 Å². The van der Waals surface area contributed by atoms with Crippen LogP contribution in [0.4, 0.5) is 0 Å². The molecule has 21 heavy (non-hydrogen) atoms. The van der Waals surface area contributed by atoms with Crippen molar-refractivity contribution in [3.8, 4) is 11.1 Å². The average Bonchev–Trinajstić information content (AvgIpc) is 3.02. The predicted molar refractivity (Wildman–Crippen MR) is 83.9 cm³/mol. The third kappa shape index (κ3) is 3.32. The van der Waals surface area contributed by atoms with Gasteiger partial charge in [-0.2, -0.15) is 0 Å². The number of hydrogen-bond donors (Lipinski definition) is 1. The summed E-state index contributed by atoms with van der Waals surface area (Å²) in [7, 11) is 0. The summed E-state index contributed by atoms with van der Waals surface area (Å²) in [5.74, 6) is 0. The molecule has 1 aliphatic rings. The number of rotatable bonds is 4. The Bertz CT molecular complexity index is 586. The first-order valence-corrected chi connectivity index (χ1v) is 7.41. The Labute approximate surface area is 125 Å². The minimum absolute atomic E-state index is 0.184. The monoisotopic (exact) mass is 283 g/mol. The van der Waals surface area contributed by atoms with Crippen LogP contribution in [0.5, 0.6) is 0 Å². The fourth-order valence-corrected chi connectivity index (χ4v) is 2.70. The highest BCUT2D eigenvalue weighted by Gasteiger charge is 2.21. The van der Waals surface area contributed by atoms with Crippen LogP contribution in [0.2, 0.25) is 0 Å². The molecular weight excluding hydrogens is 262 g/mol. The van der Waals surface area contributed by atoms with E-state index in [1.807, 2.05) is 19.1 Å². The van der Waals surface area contributed by atoms with Crippen LogP contribution in [-0.4, -0.2) is 19.3 Å². The lowest BCUT2D eigenvalue weighted by atomic mass is 9.97. The van der Waals surface area contributed by atoms with Gasteiger partial charge in [-0.15, -0.1) is 0 Å². The lowest BCUT2D eigenvalue weighted by molar-refractivity contribution is -0.0436. The number of hydrogen-bond acceptors (Lipinski definition) is 3. The molecule has 3 nitrogen and oxygen atoms in total. The van der Waals surface area contributed by atoms with Gasteiger partial charge in [0.2, 0.25) is 0 Å². The average molecular weight is 283 g/mol. The molecule has 110 valence electrons. The molecule has 1 heterocycles. The van der Waals surface area contributed by atoms with Crippen LogP contribution >= 0.6 is 0 Å². The summed E-state index contributed by atoms with van der Waals surface area (Å²) in [6, 6.07) is 17.0. The molecule has 0 aromatic heterocycles. The van der Waals surface area contributed by atoms with Gasteiger partial charge in [0.25, 0.3) is 0 Å². The van der Waals surface area contributed by atoms with Crippen molar-refractivity contribution in [2.75, 3.05) is 13.2 Å². The maximum atomic E-state index is 5.85. The fourth-order valence-electron chi connectivity index (χ4n) is 2.70. The Kier molecular flexibility index (Phi) is 4.34. The van der Waals surface area contributed by atoms with Gasteiger partial charge in [-0.25, -0.2) is 0 Å². The molecule has 1 aliphatic heterocycles. The number of ether oxygens (including phenoxy) is 2. The summed E-state index contributed by atoms with van der Waals surface area (Å²) in [4.78, 5) is 0. The lowest BCUT2D eigenvalue weighted by Crippen LogP contribution is -2.17. The van der Waals surface area contributed by atoms with Crippen LogP contribution in [0, 0.1) is 0 Å². The van der Waals surface area contributed by atoms with E-state index >= 15 is 0 Å². The zero-order chi connectivity index (χ0) is 14.7. The van der Waals surface area contributed by atoms with Gasteiger partial charge in [0.05, 0.1) is 13.2 Å². The Morgan fingerprint density at radius 1 is 1.05 bits per heavy atom. The first kappa shape index (κ1) is 14.3. The van der Waals surface area contributed by atoms with E-state index in [0.717, 1.165) is 17.5 Å². The third-order valence-corrected chi connectivity index (χ3v) is 3.66. The highest BCUT2D eigenvalue weighted by molar-refractivity contribution is 5.68. The van der Waals surface area contributed by atoms with Gasteiger partial charge in [-0.3, -0.25) is 0 Å². The van der Waals surface area contributed by atoms with E-state index in [2.05, 4.69) is 36.4 Å². The summed E-state index contributed by atoms with van der Waals surface area (Å²) in [6.45, 7) is 3.34. The highest BCUT2D eigenvalue weighted by atomic mass is 16.7. The maximum Gasteiger partial charge on any atom is 0.184 e. The Morgan fingerprint density at radius 3 is 2.38 bits per heavy atom. The normalized spacial score (nSPS) is 17.0. The summed E-state index contributed by atoms with van der Waals surface area (Å²) in [5.41, 5.74) is 10.5. The van der Waals surface area contributed by atoms with Gasteiger partial charge in [0, 0.05) is 11.6 Å². The van der Waals surface area contributed by atoms with Crippen LogP contribution in [0.3, 0.4) is 0 Å². The molecular formula is C18H21NO2. The smallest absolute Gasteiger partial charge is 0.184 e. The van der Waals surface area contributed by atoms with Crippen molar-refractivity contribution in [1.29, 1.82) is 0 Å². The zero-order valence-electron chi connectivity index (χ0n) is 12.3. The van der Waals surface area contributed by atoms with Crippen molar-refractivity contribution in [2.45, 2.75) is 25.7 Å². The predicted octanol–water partition coefficient (Wildman–Crippen LogP) is 3.29. The second-order valence-electron chi connectivity index (χ2n) is 5.54. The van der Waals surface area contributed by atoms with Gasteiger partial charge >= 0.3 is 0 Å². The second kappa shape index (κ2) is 6.39. The summed E-state index contributed by atoms with van der Waals surface area (Å²) < 4.78 is 11.3. The van der Waals surface area contributed by atoms with Gasteiger partial charge in [-0.1, -0.05) is 48.5 Å². The fraction of sp³-hybridized carbons (Fsp3) is 0.333. The molecule has 0 aliphatic carbocycles. The number of nitrogens with two attached hydrogens (primary N) is 1. The van der Waals surface area contributed by atoms with Crippen LogP contribution in [-0.2, 0) is 15.9 Å². The van der Waals surface area contributed by atoms with Crippen molar-refractivity contribution in [3.05, 3.63) is 59.7 Å². The first-order chi connectivity index (χ1) is 10.2. The minimum Gasteiger partial charge on any atom is -0.346 e. The molecule has 2 aromatic rings. The lowest BCUT2D eigenvalue weighted by Gasteiger charge is -2.15. The Balaban J connectivity index is 1.89. The molecule has 3 heteroatoms. The van der Waals surface area contributed by atoms with Crippen molar-refractivity contribution >= 4 is 0 Å². The largest absolute Gasteiger partial charge is 0.346 e. The van der Waals surface area contributed by atoms with E-state index in [9.17, 15) is 0 Å². The SMILES string of the molecule is CC(N)Cc1ccc(-c2ccccc2C2OCCO2)cc1. The van der Waals surface area contributed by atoms with Crippen LogP contribution in [0.25, 0.3) is 11.1 Å². The maximum absolute atomic E-state index is 5.85. The molecule has 2 aromatic carbocycles. The van der Waals surface area contributed by atoms with E-state index < -0.39 is 0 Å². The Morgan fingerprint density at radius 2 is 1.71 bits per heavy atom. The van der Waals surface area contributed by atoms with Crippen LogP contribution in [0.1, 0.15) is 24.3 Å². The quantitative estimate of drug-likeness (QED) is 0.936. The van der Waals surface area contributed by atoms with Gasteiger partial charge in [-0.05, 0) is 30.0 Å². The van der Waals surface area contributed by atoms with Gasteiger partial charge in [0.15, 0.2) is 6.29 Å². The summed E-state index contributed by atoms with van der Waals surface area (Å²) in [5, 5.41) is 0. The zero-order valence-corrected chi connectivity index (χ0v) is 12.3. The molecule has 0 bridgehead atoms. The molecule has 3 rings (SSSR count). The molecule has 1 fully saturated rings. The molecule has 0 radical (unpaired) electrons. The van der Waals surface area contributed by atoms with E-state index in [1.54, 1.807) is 0 Å². The van der Waals surface area contributed by atoms with E-state index in [1.165, 1.54) is 11.1 Å². The molecule has 1 unspecified atom stereocenters. The van der Waals surface area contributed by atoms with Crippen molar-refractivity contribution in [1.82, 2.24) is 0 Å². The van der Waals surface area contributed by atoms with Crippen LogP contribution < -0.4 is 5.73 Å². The van der Waals surface area contributed by atoms with E-state index in [0.29, 0.717) is 13.2 Å². The van der Waals surface area contributed by atoms with Gasteiger partial charge < -0.3 is 15.2 Å². The van der Waals surface area contributed by atoms with Gasteiger partial charge in [0.1, 0.15) is 0 Å². The minimum atomic E-state index is -0.245. The Hall–Kier alpha value is -1.68. The van der Waals surface area contributed by atoms with Crippen molar-refractivity contribution in [2.24, 2.45) is 5.73 Å². The van der Waals surface area contributed by atoms with E-state index in [4.69, 9.17) is 15.2 Å². The second-order valence-corrected chi connectivity index (χ2v) is 5.54. The highest BCUT2D eigenvalue weighted by Crippen LogP contribution is 2.32. The first-order valence-electron chi connectivity index (χ1n) is 7.41. The molecule has 1 saturated heterocycles. The number of benzene rings is 2. The molecule has 2 N–H and O–H groups in total. The topological polar surface area (TPSA) is 44.5 Å². The van der Waals surface area contributed by atoms with Crippen LogP contribution in [0.15, 0.2) is 48.5 Å². The standard InChI is InChI=1S/C18H21NO2/c1-13(19)12-14-6-8-15(9-7-14)16-4-2-3-5-17(16)18-20-10-11-21-18/h2-9,13,18H,10-12,19H2,1H3. The van der Waals surface area contributed by atoms with Crippen molar-refractivity contribution < 1.29 is 9.47 Å². The third-order valence-electron chi connectivity index (χ3n) is 3.66. The molecule has 1 atom stereocenters. The van der Waals surface area contributed by atoms with Crippen molar-refractivity contribution in [3.63, 3.8) is 0 Å². The summed E-state index contributed by atoms with van der Waals surface area (Å²) in [6.07, 6.45) is 0.654. The molecule has 0 amide bonds.